The Morgan fingerprint density at radius 2 is 0.467 bits per heavy atom. The average Bonchev–Trinajstić information content (AvgIpc) is 0.391. The van der Waals surface area contributed by atoms with Gasteiger partial charge in [0.25, 0.3) is 0 Å². The number of halogens is 10. The number of likely N-dealkylation sites (tertiary alicyclic amines) is 7. The molecule has 7 aromatic rings. The van der Waals surface area contributed by atoms with Crippen LogP contribution in [-0.2, 0) is 82.9 Å². The Morgan fingerprint density at radius 1 is 0.260 bits per heavy atom. The van der Waals surface area contributed by atoms with Crippen LogP contribution >= 0.6 is 0 Å². The number of likely N-dealkylation sites (N-methyl/N-ethyl adjacent to an activating group) is 7. The van der Waals surface area contributed by atoms with E-state index in [1.165, 1.54) is 127 Å². The fourth-order valence-corrected chi connectivity index (χ4v) is 36.2. The van der Waals surface area contributed by atoms with E-state index in [-0.39, 0.29) is 97.2 Å². The summed E-state index contributed by atoms with van der Waals surface area (Å²) in [6, 6.07) is 39.1. The van der Waals surface area contributed by atoms with E-state index in [2.05, 4.69) is 42.8 Å². The number of rotatable bonds is 9. The maximum atomic E-state index is 12.6. The molecular weight excluding hydrogens is 1910 g/mol. The molecule has 816 valence electrons. The van der Waals surface area contributed by atoms with Gasteiger partial charge >= 0.3 is 25.9 Å². The molecule has 7 saturated carbocycles. The van der Waals surface area contributed by atoms with Crippen molar-refractivity contribution >= 4 is 0 Å². The molecule has 0 radical (unpaired) electrons. The summed E-state index contributed by atoms with van der Waals surface area (Å²) in [5.74, 6) is 4.57. The van der Waals surface area contributed by atoms with Crippen LogP contribution in [0.2, 0.25) is 0 Å². The highest BCUT2D eigenvalue weighted by molar-refractivity contribution is 5.54. The highest BCUT2D eigenvalue weighted by Crippen LogP contribution is 2.65. The summed E-state index contributed by atoms with van der Waals surface area (Å²) >= 11 is 0. The van der Waals surface area contributed by atoms with Crippen molar-refractivity contribution < 1.29 is 107 Å². The molecule has 21 aliphatic rings. The van der Waals surface area contributed by atoms with Crippen molar-refractivity contribution in [1.82, 2.24) is 34.3 Å². The minimum Gasteiger partial charge on any atom is -0.497 e. The van der Waals surface area contributed by atoms with E-state index in [1.807, 2.05) is 71.6 Å². The third kappa shape index (κ3) is 19.5. The molecule has 0 amide bonds. The van der Waals surface area contributed by atoms with Crippen LogP contribution in [0.25, 0.3) is 0 Å². The van der Waals surface area contributed by atoms with E-state index in [0.29, 0.717) is 117 Å². The van der Waals surface area contributed by atoms with Gasteiger partial charge in [-0.15, -0.1) is 26.3 Å². The summed E-state index contributed by atoms with van der Waals surface area (Å²) in [6.07, 6.45) is 34.0. The van der Waals surface area contributed by atoms with Gasteiger partial charge in [0.1, 0.15) is 40.2 Å². The first kappa shape index (κ1) is 82.6. The van der Waals surface area contributed by atoms with Crippen molar-refractivity contribution in [2.45, 2.75) is 376 Å². The predicted octanol–water partition coefficient (Wildman–Crippen LogP) is 26.6. The molecule has 14 bridgehead atoms. The zero-order valence-corrected chi connectivity index (χ0v) is 86.9. The van der Waals surface area contributed by atoms with Crippen LogP contribution in [0, 0.1) is 41.4 Å². The highest BCUT2D eigenvalue weighted by Gasteiger charge is 2.62. The van der Waals surface area contributed by atoms with Gasteiger partial charge in [0.05, 0.1) is 32.1 Å². The van der Waals surface area contributed by atoms with Crippen LogP contribution in [0.15, 0.2) is 127 Å². The normalized spacial score (nSPS) is 37.5. The number of hydrogen-bond acceptors (Lipinski definition) is 14. The van der Waals surface area contributed by atoms with Gasteiger partial charge in [0.2, 0.25) is 0 Å². The van der Waals surface area contributed by atoms with Crippen LogP contribution in [-0.4, -0.2) is 218 Å². The first-order valence-electron chi connectivity index (χ1n) is 67.7. The Morgan fingerprint density at radius 3 is 0.693 bits per heavy atom. The lowest BCUT2D eigenvalue weighted by Gasteiger charge is -2.58. The molecule has 14 aliphatic carbocycles. The van der Waals surface area contributed by atoms with Crippen LogP contribution in [0.3, 0.4) is 0 Å². The van der Waals surface area contributed by atoms with Gasteiger partial charge in [-0.2, -0.15) is 17.6 Å². The summed E-state index contributed by atoms with van der Waals surface area (Å²) in [7, 11) is -1.79. The highest BCUT2D eigenvalue weighted by atomic mass is 19.4. The first-order chi connectivity index (χ1) is 81.1. The number of alkyl halides is 10. The number of piperidine rings is 7. The second-order valence-electron chi connectivity index (χ2n) is 48.6. The maximum absolute atomic E-state index is 12.6. The van der Waals surface area contributed by atoms with Gasteiger partial charge in [-0.1, -0.05) is 132 Å². The topological polar surface area (TPSA) is 87.3 Å². The molecule has 7 heterocycles. The monoisotopic (exact) mass is 2100 g/mol. The molecule has 28 rings (SSSR count). The molecule has 7 saturated heterocycles. The third-order valence-corrected chi connectivity index (χ3v) is 42.5. The lowest BCUT2D eigenvalue weighted by molar-refractivity contribution is -0.275. The molecular formula is C126H165F10N7O7. The van der Waals surface area contributed by atoms with Gasteiger partial charge in [0, 0.05) is 99.4 Å². The van der Waals surface area contributed by atoms with Crippen molar-refractivity contribution in [3.8, 4) is 40.2 Å². The smallest absolute Gasteiger partial charge is 0.497 e. The summed E-state index contributed by atoms with van der Waals surface area (Å²) in [4.78, 5) is 13.9. The van der Waals surface area contributed by atoms with Crippen LogP contribution < -0.4 is 33.2 Å². The Balaban J connectivity index is 0.000000110. The van der Waals surface area contributed by atoms with E-state index >= 15 is 0 Å². The lowest BCUT2D eigenvalue weighted by Crippen LogP contribution is -2.59. The van der Waals surface area contributed by atoms with E-state index in [9.17, 15) is 43.9 Å². The fraction of sp³-hybridized carbons (Fsp3) is 0.667. The number of benzene rings is 7. The van der Waals surface area contributed by atoms with Crippen molar-refractivity contribution in [3.63, 3.8) is 0 Å². The molecule has 7 aromatic carbocycles. The molecule has 7 aliphatic heterocycles. The number of hydrogen-bond donors (Lipinski definition) is 0. The zero-order valence-electron chi connectivity index (χ0n) is 109. The van der Waals surface area contributed by atoms with Gasteiger partial charge in [-0.05, 0) is 479 Å². The molecule has 0 aromatic heterocycles. The Hall–Kier alpha value is -7.84. The summed E-state index contributed by atoms with van der Waals surface area (Å²) in [5.41, 5.74) is 16.5. The van der Waals surface area contributed by atoms with Crippen LogP contribution in [0.5, 0.6) is 40.2 Å². The van der Waals surface area contributed by atoms with Gasteiger partial charge in [0.15, 0.2) is 0 Å². The molecule has 0 unspecified atom stereocenters. The van der Waals surface area contributed by atoms with Crippen molar-refractivity contribution in [1.29, 1.82) is 0 Å². The van der Waals surface area contributed by atoms with Gasteiger partial charge in [-0.25, -0.2) is 0 Å². The van der Waals surface area contributed by atoms with E-state index in [4.69, 9.17) is 44.4 Å². The average molecular weight is 2100 g/mol. The number of ether oxygens (including phenoxy) is 7. The van der Waals surface area contributed by atoms with Crippen molar-refractivity contribution in [2.75, 3.05) is 116 Å². The standard InChI is InChI=1S/2C18H22F3NO.2C18H23F2NO.3C18H25NO/c2*1-22-9-8-17-7-3-2-4-14(17)16(22)10-12-5-6-13(11-15(12)17)23-18(19,20)21;2*1-21-9-8-18-7-3-2-4-14(18)16(21)10-12-5-6-13(11-15(12)18)22-17(19)20;3*1-19-10-9-18-8-4-3-5-15(18)17(19)11-13-6-7-14(20-2)12-16(13)18/h2*5-6,11,14,16H,2-4,7-10H2,1H3;2*5-6,11,14,16-17H,2-4,7-10H2,1H3;3*6-7,12,15,17H,3-5,8-11H2,1-2H3/t2*14-,16+,17+;2*14-,16+,18+;3*15-,17+,18+/m1111111/s1/i1D3;;1D3;;1D3,2D3;1D3,2D2;1D2,2D3. The number of nitrogens with zero attached hydrogens (tertiary/aromatic N) is 7. The van der Waals surface area contributed by atoms with Gasteiger partial charge in [-0.3, -0.25) is 0 Å². The minimum absolute atomic E-state index is 0.0101. The summed E-state index contributed by atoms with van der Waals surface area (Å²) < 4.78 is 329. The van der Waals surface area contributed by atoms with E-state index in [0.717, 1.165) is 226 Å². The largest absolute Gasteiger partial charge is 0.573 e. The van der Waals surface area contributed by atoms with Crippen LogP contribution in [0.4, 0.5) is 43.9 Å². The molecule has 24 heteroatoms. The first-order valence-corrected chi connectivity index (χ1v) is 56.4. The summed E-state index contributed by atoms with van der Waals surface area (Å²) in [5, 5.41) is 0. The maximum Gasteiger partial charge on any atom is 0.573 e. The van der Waals surface area contributed by atoms with E-state index < -0.39 is 82.0 Å². The third-order valence-electron chi connectivity index (χ3n) is 42.5. The zero-order chi connectivity index (χ0) is 123. The van der Waals surface area contributed by atoms with Gasteiger partial charge < -0.3 is 67.5 Å². The van der Waals surface area contributed by atoms with Crippen LogP contribution in [0.1, 0.15) is 333 Å². The summed E-state index contributed by atoms with van der Waals surface area (Å²) in [6.45, 7) is -9.68. The van der Waals surface area contributed by atoms with E-state index in [1.54, 1.807) is 68.1 Å². The number of methoxy groups -OCH3 is 3. The SMILES string of the molecule is CN1CC[C@@]23CCCC[C@@H]2[C@@H]1Cc1ccc(OC(F)(F)F)cc13.CN1CC[C@@]23CCCC[C@@H]2[C@@H]1Cc1ccc(OC(F)F)cc13.[2H]C([2H])([2H])N1CC[C@@]23CCCC[C@@H]2[C@@H]1Cc1ccc(OC(F)(F)F)cc13.[2H]C([2H])([2H])N1CC[C@@]23CCCC[C@@H]2[C@@H]1Cc1ccc(OC(F)F)cc13.[2H]C([2H])([2H])Oc1ccc2c(c1)[C@]13CCCC[C@@H]1[C@H](C2)N(C([2H])([2H])[2H])CC3.[2H]C([2H])N1CC[C@@]23CCCC[C@@H]2[C@@H]1Cc1ccc(OC([2H])([2H])[2H])cc13.[2H]C([2H])Oc1ccc2c(c1)[C@]13CCCC[C@@H]1[C@H](C2)N(C([2H])([2H])[2H])CC3. The second kappa shape index (κ2) is 42.6. The lowest BCUT2D eigenvalue weighted by atomic mass is 9.52. The molecule has 14 fully saturated rings. The Kier molecular flexibility index (Phi) is 23.5. The van der Waals surface area contributed by atoms with Crippen molar-refractivity contribution in [2.24, 2.45) is 41.4 Å². The quantitative estimate of drug-likeness (QED) is 0.129. The number of fused-ring (bicyclic) bond motifs is 7. The fourth-order valence-electron chi connectivity index (χ4n) is 36.2. The second-order valence-corrected chi connectivity index (χ2v) is 48.6. The molecule has 21 atom stereocenters. The molecule has 14 nitrogen and oxygen atoms in total. The minimum atomic E-state index is -4.71. The Labute approximate surface area is 916 Å². The van der Waals surface area contributed by atoms with Crippen molar-refractivity contribution in [3.05, 3.63) is 205 Å². The molecule has 0 N–H and O–H groups in total. The molecule has 150 heavy (non-hydrogen) atoms. The molecule has 0 spiro atoms. The predicted molar refractivity (Wildman–Crippen MR) is 570 cm³/mol. The Bertz CT molecular complexity index is 6580.